The molecule has 0 atom stereocenters. The number of rotatable bonds is 3. The molecule has 4 heteroatoms. The lowest BCUT2D eigenvalue weighted by atomic mass is 10.0. The van der Waals surface area contributed by atoms with Crippen LogP contribution in [-0.2, 0) is 0 Å². The molecule has 0 aliphatic rings. The lowest BCUT2D eigenvalue weighted by molar-refractivity contribution is 1.00. The topological polar surface area (TPSA) is 35.6 Å². The summed E-state index contributed by atoms with van der Waals surface area (Å²) in [6.45, 7) is 8.50. The summed E-state index contributed by atoms with van der Waals surface area (Å²) in [5.41, 5.74) is 9.22. The molecule has 0 saturated heterocycles. The summed E-state index contributed by atoms with van der Waals surface area (Å²) < 4.78 is 4.38. The van der Waals surface area contributed by atoms with Crippen molar-refractivity contribution < 1.29 is 0 Å². The summed E-state index contributed by atoms with van der Waals surface area (Å²) in [7, 11) is 0. The van der Waals surface area contributed by atoms with Crippen LogP contribution in [0.3, 0.4) is 0 Å². The Bertz CT molecular complexity index is 1350. The van der Waals surface area contributed by atoms with Crippen LogP contribution in [0.25, 0.3) is 33.8 Å². The maximum Gasteiger partial charge on any atom is 0.144 e. The Balaban J connectivity index is 1.66. The minimum absolute atomic E-state index is 0.930. The van der Waals surface area contributed by atoms with E-state index in [0.717, 1.165) is 33.9 Å². The summed E-state index contributed by atoms with van der Waals surface area (Å²) in [6.07, 6.45) is 3.91. The van der Waals surface area contributed by atoms with Crippen LogP contribution in [0, 0.1) is 27.7 Å². The molecule has 0 saturated carbocycles. The molecule has 0 aliphatic carbocycles. The number of fused-ring (bicyclic) bond motifs is 1. The van der Waals surface area contributed by atoms with Crippen LogP contribution in [0.15, 0.2) is 73.1 Å². The van der Waals surface area contributed by atoms with E-state index in [4.69, 9.17) is 9.97 Å². The molecule has 30 heavy (non-hydrogen) atoms. The number of benzene rings is 3. The molecule has 2 aromatic heterocycles. The molecule has 0 unspecified atom stereocenters. The molecule has 4 nitrogen and oxygen atoms in total. The van der Waals surface area contributed by atoms with E-state index in [2.05, 4.69) is 84.5 Å². The van der Waals surface area contributed by atoms with Gasteiger partial charge in [0.15, 0.2) is 0 Å². The van der Waals surface area contributed by atoms with Gasteiger partial charge in [0.25, 0.3) is 0 Å². The van der Waals surface area contributed by atoms with Crippen LogP contribution in [0.5, 0.6) is 0 Å². The fraction of sp³-hybridized carbons (Fsp3) is 0.154. The highest BCUT2D eigenvalue weighted by atomic mass is 15.1. The third-order valence-corrected chi connectivity index (χ3v) is 5.61. The molecule has 5 rings (SSSR count). The highest BCUT2D eigenvalue weighted by Crippen LogP contribution is 2.30. The summed E-state index contributed by atoms with van der Waals surface area (Å²) in [4.78, 5) is 9.53. The van der Waals surface area contributed by atoms with Gasteiger partial charge in [0.05, 0.1) is 16.7 Å². The predicted octanol–water partition coefficient (Wildman–Crippen LogP) is 6.11. The van der Waals surface area contributed by atoms with Gasteiger partial charge in [-0.05, 0) is 69.2 Å². The number of imidazole rings is 2. The Morgan fingerprint density at radius 2 is 1.53 bits per heavy atom. The van der Waals surface area contributed by atoms with Gasteiger partial charge in [-0.25, -0.2) is 9.97 Å². The smallest absolute Gasteiger partial charge is 0.144 e. The van der Waals surface area contributed by atoms with Gasteiger partial charge < -0.3 is 0 Å². The van der Waals surface area contributed by atoms with Gasteiger partial charge in [-0.15, -0.1) is 0 Å². The lowest BCUT2D eigenvalue weighted by Gasteiger charge is -2.15. The number of hydrogen-bond acceptors (Lipinski definition) is 2. The van der Waals surface area contributed by atoms with Gasteiger partial charge in [0.2, 0.25) is 0 Å². The number of nitrogens with zero attached hydrogens (tertiary/aromatic N) is 4. The highest BCUT2D eigenvalue weighted by molar-refractivity contribution is 5.83. The number of hydrogen-bond donors (Lipinski definition) is 0. The van der Waals surface area contributed by atoms with E-state index < -0.39 is 0 Å². The van der Waals surface area contributed by atoms with Crippen molar-refractivity contribution in [3.8, 4) is 22.8 Å². The predicted molar refractivity (Wildman–Crippen MR) is 123 cm³/mol. The van der Waals surface area contributed by atoms with Crippen LogP contribution in [0.1, 0.15) is 22.5 Å². The average Bonchev–Trinajstić information content (AvgIpc) is 3.31. The Labute approximate surface area is 176 Å². The molecule has 0 bridgehead atoms. The monoisotopic (exact) mass is 392 g/mol. The molecule has 0 radical (unpaired) electrons. The van der Waals surface area contributed by atoms with Crippen molar-refractivity contribution in [2.45, 2.75) is 27.7 Å². The van der Waals surface area contributed by atoms with Crippen molar-refractivity contribution in [3.63, 3.8) is 0 Å². The third-order valence-electron chi connectivity index (χ3n) is 5.61. The minimum Gasteiger partial charge on any atom is -0.299 e. The second-order valence-corrected chi connectivity index (χ2v) is 7.90. The van der Waals surface area contributed by atoms with Crippen molar-refractivity contribution >= 4 is 11.0 Å². The Kier molecular flexibility index (Phi) is 4.28. The first kappa shape index (κ1) is 18.4. The molecule has 3 aromatic carbocycles. The van der Waals surface area contributed by atoms with E-state index in [1.807, 2.05) is 25.4 Å². The lowest BCUT2D eigenvalue weighted by Crippen LogP contribution is -2.02. The SMILES string of the molecule is Cc1cc(C)c(-n2ccnc2-c2ccc3c(c2)nc(C)n3-c2ccccc2)c(C)c1. The first-order chi connectivity index (χ1) is 14.5. The van der Waals surface area contributed by atoms with Gasteiger partial charge >= 0.3 is 0 Å². The quantitative estimate of drug-likeness (QED) is 0.371. The number of para-hydroxylation sites is 1. The Morgan fingerprint density at radius 3 is 2.27 bits per heavy atom. The average molecular weight is 393 g/mol. The van der Waals surface area contributed by atoms with Crippen molar-refractivity contribution in [3.05, 3.63) is 95.6 Å². The molecule has 148 valence electrons. The van der Waals surface area contributed by atoms with E-state index in [9.17, 15) is 0 Å². The van der Waals surface area contributed by atoms with E-state index in [1.165, 1.54) is 22.4 Å². The van der Waals surface area contributed by atoms with Crippen LogP contribution in [0.2, 0.25) is 0 Å². The molecule has 5 aromatic rings. The molecule has 2 heterocycles. The van der Waals surface area contributed by atoms with Crippen molar-refractivity contribution in [2.24, 2.45) is 0 Å². The fourth-order valence-corrected chi connectivity index (χ4v) is 4.49. The van der Waals surface area contributed by atoms with Crippen molar-refractivity contribution in [2.75, 3.05) is 0 Å². The normalized spacial score (nSPS) is 11.3. The van der Waals surface area contributed by atoms with E-state index in [0.29, 0.717) is 0 Å². The second-order valence-electron chi connectivity index (χ2n) is 7.90. The van der Waals surface area contributed by atoms with Crippen molar-refractivity contribution in [1.29, 1.82) is 0 Å². The number of aromatic nitrogens is 4. The standard InChI is InChI=1S/C26H24N4/c1-17-14-18(2)25(19(3)15-17)29-13-12-27-26(29)21-10-11-24-23(16-21)28-20(4)30(24)22-8-6-5-7-9-22/h5-16H,1-4H3. The molecule has 0 amide bonds. The maximum atomic E-state index is 4.84. The Hall–Kier alpha value is -3.66. The number of aryl methyl sites for hydroxylation is 4. The van der Waals surface area contributed by atoms with Crippen LogP contribution in [-0.4, -0.2) is 19.1 Å². The van der Waals surface area contributed by atoms with Crippen LogP contribution in [0.4, 0.5) is 0 Å². The molecular formula is C26H24N4. The van der Waals surface area contributed by atoms with Gasteiger partial charge in [-0.1, -0.05) is 35.9 Å². The molecular weight excluding hydrogens is 368 g/mol. The van der Waals surface area contributed by atoms with Gasteiger partial charge in [0, 0.05) is 23.6 Å². The van der Waals surface area contributed by atoms with Gasteiger partial charge in [-0.3, -0.25) is 9.13 Å². The molecule has 0 aliphatic heterocycles. The van der Waals surface area contributed by atoms with Crippen LogP contribution < -0.4 is 0 Å². The van der Waals surface area contributed by atoms with E-state index >= 15 is 0 Å². The third kappa shape index (κ3) is 2.92. The minimum atomic E-state index is 0.930. The highest BCUT2D eigenvalue weighted by Gasteiger charge is 2.15. The first-order valence-corrected chi connectivity index (χ1v) is 10.2. The summed E-state index contributed by atoms with van der Waals surface area (Å²) in [5.74, 6) is 1.90. The summed E-state index contributed by atoms with van der Waals surface area (Å²) in [6, 6.07) is 21.2. The molecule has 0 fully saturated rings. The second kappa shape index (κ2) is 6.99. The van der Waals surface area contributed by atoms with Gasteiger partial charge in [0.1, 0.15) is 11.6 Å². The molecule has 0 N–H and O–H groups in total. The zero-order valence-electron chi connectivity index (χ0n) is 17.7. The maximum absolute atomic E-state index is 4.84. The molecule has 0 spiro atoms. The summed E-state index contributed by atoms with van der Waals surface area (Å²) in [5, 5.41) is 0. The van der Waals surface area contributed by atoms with E-state index in [1.54, 1.807) is 0 Å². The first-order valence-electron chi connectivity index (χ1n) is 10.2. The Morgan fingerprint density at radius 1 is 0.800 bits per heavy atom. The van der Waals surface area contributed by atoms with Crippen molar-refractivity contribution in [1.82, 2.24) is 19.1 Å². The zero-order chi connectivity index (χ0) is 20.8. The largest absolute Gasteiger partial charge is 0.299 e. The van der Waals surface area contributed by atoms with E-state index in [-0.39, 0.29) is 0 Å². The van der Waals surface area contributed by atoms with Crippen LogP contribution >= 0.6 is 0 Å². The summed E-state index contributed by atoms with van der Waals surface area (Å²) >= 11 is 0. The fourth-order valence-electron chi connectivity index (χ4n) is 4.49. The van der Waals surface area contributed by atoms with Gasteiger partial charge in [-0.2, -0.15) is 0 Å². The zero-order valence-corrected chi connectivity index (χ0v) is 17.7.